The Bertz CT molecular complexity index is 1250. The molecule has 3 rings (SSSR count). The summed E-state index contributed by atoms with van der Waals surface area (Å²) in [6, 6.07) is 17.8. The molecule has 0 heterocycles. The molecule has 1 N–H and O–H groups in total. The van der Waals surface area contributed by atoms with E-state index in [0.29, 0.717) is 20.6 Å². The third-order valence-corrected chi connectivity index (χ3v) is 8.13. The zero-order valence-electron chi connectivity index (χ0n) is 17.4. The van der Waals surface area contributed by atoms with Gasteiger partial charge in [-0.3, -0.25) is 4.79 Å². The van der Waals surface area contributed by atoms with Gasteiger partial charge in [-0.1, -0.05) is 68.9 Å². The number of carbonyl (C=O) groups excluding carboxylic acids is 1. The summed E-state index contributed by atoms with van der Waals surface area (Å²) in [5, 5.41) is 3.92. The van der Waals surface area contributed by atoms with Gasteiger partial charge >= 0.3 is 0 Å². The number of hydrogen-bond acceptors (Lipinski definition) is 3. The van der Waals surface area contributed by atoms with Crippen LogP contribution in [0.5, 0.6) is 0 Å². The Labute approximate surface area is 216 Å². The van der Waals surface area contributed by atoms with Crippen molar-refractivity contribution in [2.45, 2.75) is 24.4 Å². The van der Waals surface area contributed by atoms with E-state index < -0.39 is 15.9 Å². The van der Waals surface area contributed by atoms with E-state index in [4.69, 9.17) is 34.8 Å². The fraction of sp³-hybridized carbons (Fsp3) is 0.174. The highest BCUT2D eigenvalue weighted by atomic mass is 79.9. The van der Waals surface area contributed by atoms with Crippen molar-refractivity contribution in [2.75, 3.05) is 6.54 Å². The molecule has 0 aliphatic heterocycles. The van der Waals surface area contributed by atoms with Crippen LogP contribution in [0.25, 0.3) is 0 Å². The topological polar surface area (TPSA) is 66.5 Å². The maximum absolute atomic E-state index is 13.4. The Morgan fingerprint density at radius 2 is 1.70 bits per heavy atom. The summed E-state index contributed by atoms with van der Waals surface area (Å²) >= 11 is 21.4. The number of hydrogen-bond donors (Lipinski definition) is 1. The van der Waals surface area contributed by atoms with Gasteiger partial charge in [0.15, 0.2) is 0 Å². The standard InChI is InChI=1S/C23H20BrCl3N2O3S/c1-15(17-3-2-4-18(24)12-17)28-23(30)14-29(13-16-5-10-21(26)22(27)11-16)33(31,32)20-8-6-19(25)7-9-20/h2-12,15H,13-14H2,1H3,(H,28,30)/t15-/m0/s1. The normalized spacial score (nSPS) is 12.5. The minimum atomic E-state index is -4.01. The molecule has 0 saturated heterocycles. The monoisotopic (exact) mass is 588 g/mol. The zero-order chi connectivity index (χ0) is 24.2. The minimum absolute atomic E-state index is 0.0276. The van der Waals surface area contributed by atoms with Gasteiger partial charge in [-0.05, 0) is 66.6 Å². The third-order valence-electron chi connectivity index (χ3n) is 4.84. The highest BCUT2D eigenvalue weighted by Crippen LogP contribution is 2.26. The van der Waals surface area contributed by atoms with Crippen LogP contribution in [-0.4, -0.2) is 25.2 Å². The fourth-order valence-corrected chi connectivity index (χ4v) is 5.38. The molecule has 0 unspecified atom stereocenters. The molecule has 10 heteroatoms. The largest absolute Gasteiger partial charge is 0.348 e. The fourth-order valence-electron chi connectivity index (χ4n) is 3.13. The number of nitrogens with one attached hydrogen (secondary N) is 1. The van der Waals surface area contributed by atoms with Crippen molar-refractivity contribution in [1.82, 2.24) is 9.62 Å². The highest BCUT2D eigenvalue weighted by molar-refractivity contribution is 9.10. The van der Waals surface area contributed by atoms with Crippen LogP contribution in [0.4, 0.5) is 0 Å². The molecule has 0 spiro atoms. The summed E-state index contributed by atoms with van der Waals surface area (Å²) < 4.78 is 28.7. The average Bonchev–Trinajstić information content (AvgIpc) is 2.76. The molecular weight excluding hydrogens is 571 g/mol. The molecule has 0 radical (unpaired) electrons. The molecule has 5 nitrogen and oxygen atoms in total. The average molecular weight is 591 g/mol. The summed E-state index contributed by atoms with van der Waals surface area (Å²) in [5.41, 5.74) is 1.48. The van der Waals surface area contributed by atoms with Gasteiger partial charge in [0.25, 0.3) is 0 Å². The van der Waals surface area contributed by atoms with Gasteiger partial charge in [-0.25, -0.2) is 8.42 Å². The van der Waals surface area contributed by atoms with Crippen LogP contribution in [0.15, 0.2) is 76.1 Å². The predicted molar refractivity (Wildman–Crippen MR) is 136 cm³/mol. The van der Waals surface area contributed by atoms with E-state index in [9.17, 15) is 13.2 Å². The molecule has 0 aromatic heterocycles. The van der Waals surface area contributed by atoms with E-state index in [-0.39, 0.29) is 24.0 Å². The van der Waals surface area contributed by atoms with Crippen molar-refractivity contribution in [3.8, 4) is 0 Å². The molecule has 0 fully saturated rings. The van der Waals surface area contributed by atoms with Gasteiger partial charge in [0.1, 0.15) is 0 Å². The molecule has 33 heavy (non-hydrogen) atoms. The van der Waals surface area contributed by atoms with E-state index in [2.05, 4.69) is 21.2 Å². The molecule has 0 saturated carbocycles. The summed E-state index contributed by atoms with van der Waals surface area (Å²) in [4.78, 5) is 12.9. The molecule has 0 aliphatic rings. The number of nitrogens with zero attached hydrogens (tertiary/aromatic N) is 1. The van der Waals surface area contributed by atoms with Gasteiger partial charge in [-0.15, -0.1) is 0 Å². The van der Waals surface area contributed by atoms with Crippen LogP contribution in [-0.2, 0) is 21.4 Å². The second kappa shape index (κ2) is 11.2. The van der Waals surface area contributed by atoms with Crippen molar-refractivity contribution in [3.05, 3.63) is 97.4 Å². The molecular formula is C23H20BrCl3N2O3S. The molecule has 174 valence electrons. The number of amides is 1. The third kappa shape index (κ3) is 6.94. The smallest absolute Gasteiger partial charge is 0.243 e. The van der Waals surface area contributed by atoms with Crippen molar-refractivity contribution < 1.29 is 13.2 Å². The summed E-state index contributed by atoms with van der Waals surface area (Å²) in [6.45, 7) is 1.38. The van der Waals surface area contributed by atoms with Crippen molar-refractivity contribution in [2.24, 2.45) is 0 Å². The Morgan fingerprint density at radius 3 is 2.33 bits per heavy atom. The van der Waals surface area contributed by atoms with Crippen molar-refractivity contribution >= 4 is 66.7 Å². The van der Waals surface area contributed by atoms with E-state index in [0.717, 1.165) is 14.3 Å². The zero-order valence-corrected chi connectivity index (χ0v) is 22.1. The Balaban J connectivity index is 1.86. The van der Waals surface area contributed by atoms with Crippen LogP contribution >= 0.6 is 50.7 Å². The summed E-state index contributed by atoms with van der Waals surface area (Å²) in [7, 11) is -4.01. The maximum atomic E-state index is 13.4. The first-order valence-electron chi connectivity index (χ1n) is 9.81. The lowest BCUT2D eigenvalue weighted by Crippen LogP contribution is -2.41. The summed E-state index contributed by atoms with van der Waals surface area (Å²) in [6.07, 6.45) is 0. The first-order valence-corrected chi connectivity index (χ1v) is 13.2. The van der Waals surface area contributed by atoms with Gasteiger partial charge in [0, 0.05) is 16.0 Å². The predicted octanol–water partition coefficient (Wildman–Crippen LogP) is 6.48. The van der Waals surface area contributed by atoms with Crippen molar-refractivity contribution in [1.29, 1.82) is 0 Å². The summed E-state index contributed by atoms with van der Waals surface area (Å²) in [5.74, 6) is -0.444. The van der Waals surface area contributed by atoms with E-state index in [1.807, 2.05) is 31.2 Å². The number of benzene rings is 3. The van der Waals surface area contributed by atoms with E-state index >= 15 is 0 Å². The molecule has 1 amide bonds. The Hall–Kier alpha value is -1.61. The van der Waals surface area contributed by atoms with Crippen LogP contribution in [0.2, 0.25) is 15.1 Å². The molecule has 3 aromatic carbocycles. The Morgan fingerprint density at radius 1 is 1.00 bits per heavy atom. The second-order valence-electron chi connectivity index (χ2n) is 7.32. The van der Waals surface area contributed by atoms with Crippen LogP contribution in [0.3, 0.4) is 0 Å². The molecule has 0 bridgehead atoms. The lowest BCUT2D eigenvalue weighted by atomic mass is 10.1. The Kier molecular flexibility index (Phi) is 8.83. The van der Waals surface area contributed by atoms with Gasteiger partial charge in [0.2, 0.25) is 15.9 Å². The molecule has 0 aliphatic carbocycles. The first-order chi connectivity index (χ1) is 15.6. The van der Waals surface area contributed by atoms with Crippen LogP contribution in [0, 0.1) is 0 Å². The number of rotatable bonds is 8. The molecule has 1 atom stereocenters. The first kappa shape index (κ1) is 26.0. The van der Waals surface area contributed by atoms with Crippen LogP contribution < -0.4 is 5.32 Å². The highest BCUT2D eigenvalue weighted by Gasteiger charge is 2.27. The van der Waals surface area contributed by atoms with Crippen LogP contribution in [0.1, 0.15) is 24.1 Å². The van der Waals surface area contributed by atoms with Gasteiger partial charge in [-0.2, -0.15) is 4.31 Å². The van der Waals surface area contributed by atoms with E-state index in [1.165, 1.54) is 24.3 Å². The van der Waals surface area contributed by atoms with Gasteiger partial charge in [0.05, 0.1) is 27.5 Å². The van der Waals surface area contributed by atoms with Gasteiger partial charge < -0.3 is 5.32 Å². The quantitative estimate of drug-likeness (QED) is 0.327. The number of carbonyl (C=O) groups is 1. The van der Waals surface area contributed by atoms with E-state index in [1.54, 1.807) is 18.2 Å². The second-order valence-corrected chi connectivity index (χ2v) is 11.4. The number of halogens is 4. The SMILES string of the molecule is C[C@H](NC(=O)CN(Cc1ccc(Cl)c(Cl)c1)S(=O)(=O)c1ccc(Cl)cc1)c1cccc(Br)c1. The van der Waals surface area contributed by atoms with Crippen molar-refractivity contribution in [3.63, 3.8) is 0 Å². The maximum Gasteiger partial charge on any atom is 0.243 e. The lowest BCUT2D eigenvalue weighted by Gasteiger charge is -2.23. The lowest BCUT2D eigenvalue weighted by molar-refractivity contribution is -0.122. The number of sulfonamides is 1. The minimum Gasteiger partial charge on any atom is -0.348 e. The molecule has 3 aromatic rings.